The molecule has 0 bridgehead atoms. The molecule has 1 atom stereocenters. The number of methoxy groups -OCH3 is 1. The van der Waals surface area contributed by atoms with Gasteiger partial charge in [0.1, 0.15) is 0 Å². The Balaban J connectivity index is 3.42. The number of esters is 1. The molecule has 0 radical (unpaired) electrons. The molecule has 0 unspecified atom stereocenters. The molecule has 22 heavy (non-hydrogen) atoms. The van der Waals surface area contributed by atoms with Crippen LogP contribution in [0.15, 0.2) is 24.3 Å². The topological polar surface area (TPSA) is 46.5 Å². The van der Waals surface area contributed by atoms with Crippen molar-refractivity contribution in [1.82, 2.24) is 0 Å². The van der Waals surface area contributed by atoms with Crippen LogP contribution in [0, 0.1) is 0 Å². The van der Waals surface area contributed by atoms with Crippen LogP contribution < -0.4 is 0 Å². The third-order valence-electron chi connectivity index (χ3n) is 3.61. The highest BCUT2D eigenvalue weighted by atomic mass is 16.5. The molecular formula is C19H34O3. The zero-order valence-corrected chi connectivity index (χ0v) is 14.4. The number of hydrogen-bond acceptors (Lipinski definition) is 3. The summed E-state index contributed by atoms with van der Waals surface area (Å²) in [6.45, 7) is 2.21. The molecule has 1 N–H and O–H groups in total. The van der Waals surface area contributed by atoms with Crippen LogP contribution in [0.1, 0.15) is 77.6 Å². The molecule has 0 spiro atoms. The molecule has 0 aliphatic carbocycles. The Morgan fingerprint density at radius 3 is 2.41 bits per heavy atom. The van der Waals surface area contributed by atoms with E-state index in [2.05, 4.69) is 29.9 Å². The van der Waals surface area contributed by atoms with Gasteiger partial charge in [-0.05, 0) is 38.5 Å². The van der Waals surface area contributed by atoms with Crippen LogP contribution in [0.5, 0.6) is 0 Å². The highest BCUT2D eigenvalue weighted by Gasteiger charge is 1.98. The normalized spacial score (nSPS) is 13.0. The quantitative estimate of drug-likeness (QED) is 0.281. The number of allylic oxidation sites excluding steroid dienone is 2. The van der Waals surface area contributed by atoms with Gasteiger partial charge in [0, 0.05) is 6.42 Å². The minimum absolute atomic E-state index is 0.120. The first kappa shape index (κ1) is 20.9. The van der Waals surface area contributed by atoms with Crippen LogP contribution in [0.2, 0.25) is 0 Å². The van der Waals surface area contributed by atoms with Crippen molar-refractivity contribution in [2.75, 3.05) is 7.11 Å². The van der Waals surface area contributed by atoms with Gasteiger partial charge in [-0.15, -0.1) is 0 Å². The highest BCUT2D eigenvalue weighted by molar-refractivity contribution is 5.68. The number of aliphatic hydroxyl groups is 1. The molecule has 3 heteroatoms. The summed E-state index contributed by atoms with van der Waals surface area (Å²) in [6, 6.07) is 0. The van der Waals surface area contributed by atoms with Crippen molar-refractivity contribution < 1.29 is 14.6 Å². The molecule has 0 aromatic heterocycles. The van der Waals surface area contributed by atoms with E-state index in [-0.39, 0.29) is 12.1 Å². The Bertz CT molecular complexity index is 308. The Kier molecular flexibility index (Phi) is 15.5. The zero-order chi connectivity index (χ0) is 16.5. The second-order valence-electron chi connectivity index (χ2n) is 5.73. The van der Waals surface area contributed by atoms with E-state index in [1.54, 1.807) is 0 Å². The number of aliphatic hydroxyl groups excluding tert-OH is 1. The molecule has 0 aliphatic rings. The lowest BCUT2D eigenvalue weighted by molar-refractivity contribution is -0.140. The van der Waals surface area contributed by atoms with Crippen LogP contribution in [0.3, 0.4) is 0 Å². The molecule has 0 aliphatic heterocycles. The lowest BCUT2D eigenvalue weighted by Gasteiger charge is -2.01. The fraction of sp³-hybridized carbons (Fsp3) is 0.737. The SMILES string of the molecule is CCCCC/C=C\C[C@@H](O)/C=C/CCCCCCC(=O)OC. The van der Waals surface area contributed by atoms with Gasteiger partial charge in [0.15, 0.2) is 0 Å². The van der Waals surface area contributed by atoms with Crippen molar-refractivity contribution in [3.63, 3.8) is 0 Å². The second kappa shape index (κ2) is 16.3. The third kappa shape index (κ3) is 15.3. The first-order valence-corrected chi connectivity index (χ1v) is 8.77. The van der Waals surface area contributed by atoms with Crippen LogP contribution in [-0.2, 0) is 9.53 Å². The van der Waals surface area contributed by atoms with Crippen LogP contribution in [-0.4, -0.2) is 24.3 Å². The van der Waals surface area contributed by atoms with E-state index in [4.69, 9.17) is 0 Å². The van der Waals surface area contributed by atoms with Crippen molar-refractivity contribution in [1.29, 1.82) is 0 Å². The summed E-state index contributed by atoms with van der Waals surface area (Å²) in [7, 11) is 1.43. The van der Waals surface area contributed by atoms with Gasteiger partial charge < -0.3 is 9.84 Å². The number of unbranched alkanes of at least 4 members (excludes halogenated alkanes) is 7. The van der Waals surface area contributed by atoms with Gasteiger partial charge in [0.05, 0.1) is 13.2 Å². The summed E-state index contributed by atoms with van der Waals surface area (Å²) < 4.78 is 4.60. The first-order chi connectivity index (χ1) is 10.7. The number of hydrogen-bond donors (Lipinski definition) is 1. The standard InChI is InChI=1S/C19H34O3/c1-3-4-5-6-9-12-15-18(20)16-13-10-7-8-11-14-17-19(21)22-2/h9,12-13,16,18,20H,3-8,10-11,14-15,17H2,1-2H3/b12-9-,16-13+/t18-/m1/s1. The molecule has 0 saturated carbocycles. The summed E-state index contributed by atoms with van der Waals surface area (Å²) in [5.41, 5.74) is 0. The maximum atomic E-state index is 10.9. The summed E-state index contributed by atoms with van der Waals surface area (Å²) in [4.78, 5) is 10.9. The van der Waals surface area contributed by atoms with E-state index in [0.717, 1.165) is 38.5 Å². The van der Waals surface area contributed by atoms with Crippen molar-refractivity contribution in [3.05, 3.63) is 24.3 Å². The van der Waals surface area contributed by atoms with E-state index in [1.165, 1.54) is 26.4 Å². The van der Waals surface area contributed by atoms with Gasteiger partial charge in [-0.1, -0.05) is 56.9 Å². The average molecular weight is 310 g/mol. The molecule has 0 amide bonds. The van der Waals surface area contributed by atoms with Gasteiger partial charge in [-0.3, -0.25) is 4.79 Å². The van der Waals surface area contributed by atoms with E-state index in [9.17, 15) is 9.90 Å². The smallest absolute Gasteiger partial charge is 0.305 e. The molecule has 128 valence electrons. The van der Waals surface area contributed by atoms with E-state index >= 15 is 0 Å². The average Bonchev–Trinajstić information content (AvgIpc) is 2.52. The Hall–Kier alpha value is -1.09. The Morgan fingerprint density at radius 1 is 1.00 bits per heavy atom. The number of carbonyl (C=O) groups is 1. The monoisotopic (exact) mass is 310 g/mol. The lowest BCUT2D eigenvalue weighted by atomic mass is 10.1. The molecule has 0 saturated heterocycles. The molecule has 0 heterocycles. The molecule has 0 rings (SSSR count). The molecular weight excluding hydrogens is 276 g/mol. The van der Waals surface area contributed by atoms with Gasteiger partial charge in [0.25, 0.3) is 0 Å². The molecule has 0 fully saturated rings. The van der Waals surface area contributed by atoms with Crippen molar-refractivity contribution in [2.45, 2.75) is 83.7 Å². The minimum Gasteiger partial charge on any atom is -0.469 e. The van der Waals surface area contributed by atoms with E-state index in [0.29, 0.717) is 12.8 Å². The Morgan fingerprint density at radius 2 is 1.68 bits per heavy atom. The largest absolute Gasteiger partial charge is 0.469 e. The van der Waals surface area contributed by atoms with Crippen molar-refractivity contribution in [2.24, 2.45) is 0 Å². The van der Waals surface area contributed by atoms with Crippen molar-refractivity contribution in [3.8, 4) is 0 Å². The molecule has 0 aromatic carbocycles. The lowest BCUT2D eigenvalue weighted by Crippen LogP contribution is -1.99. The van der Waals surface area contributed by atoms with Gasteiger partial charge in [-0.25, -0.2) is 0 Å². The summed E-state index contributed by atoms with van der Waals surface area (Å²) in [6.07, 6.45) is 19.2. The first-order valence-electron chi connectivity index (χ1n) is 8.77. The maximum absolute atomic E-state index is 10.9. The number of ether oxygens (including phenoxy) is 1. The van der Waals surface area contributed by atoms with E-state index < -0.39 is 0 Å². The van der Waals surface area contributed by atoms with Crippen molar-refractivity contribution >= 4 is 5.97 Å². The molecule has 0 aromatic rings. The summed E-state index contributed by atoms with van der Waals surface area (Å²) in [5.74, 6) is -0.120. The second-order valence-corrected chi connectivity index (χ2v) is 5.73. The Labute approximate surface area is 136 Å². The third-order valence-corrected chi connectivity index (χ3v) is 3.61. The van der Waals surface area contributed by atoms with Gasteiger partial charge in [-0.2, -0.15) is 0 Å². The predicted molar refractivity (Wildman–Crippen MR) is 92.8 cm³/mol. The highest BCUT2D eigenvalue weighted by Crippen LogP contribution is 2.07. The zero-order valence-electron chi connectivity index (χ0n) is 14.4. The minimum atomic E-state index is -0.359. The van der Waals surface area contributed by atoms with Gasteiger partial charge >= 0.3 is 5.97 Å². The summed E-state index contributed by atoms with van der Waals surface area (Å²) in [5, 5.41) is 9.79. The predicted octanol–water partition coefficient (Wildman–Crippen LogP) is 4.94. The summed E-state index contributed by atoms with van der Waals surface area (Å²) >= 11 is 0. The van der Waals surface area contributed by atoms with Crippen LogP contribution in [0.25, 0.3) is 0 Å². The van der Waals surface area contributed by atoms with Gasteiger partial charge in [0.2, 0.25) is 0 Å². The molecule has 3 nitrogen and oxygen atoms in total. The van der Waals surface area contributed by atoms with Crippen LogP contribution >= 0.6 is 0 Å². The number of rotatable bonds is 14. The number of carbonyl (C=O) groups excluding carboxylic acids is 1. The fourth-order valence-corrected chi connectivity index (χ4v) is 2.18. The van der Waals surface area contributed by atoms with Crippen LogP contribution in [0.4, 0.5) is 0 Å². The maximum Gasteiger partial charge on any atom is 0.305 e. The fourth-order valence-electron chi connectivity index (χ4n) is 2.18. The van der Waals surface area contributed by atoms with E-state index in [1.807, 2.05) is 6.08 Å².